The molecule has 1 atom stereocenters. The molecule has 2 rings (SSSR count). The van der Waals surface area contributed by atoms with Crippen LogP contribution in [-0.2, 0) is 11.2 Å². The Morgan fingerprint density at radius 2 is 2.11 bits per heavy atom. The normalized spacial score (nSPS) is 18.5. The molecular weight excluding hydrogens is 306 g/mol. The third-order valence-electron chi connectivity index (χ3n) is 3.72. The van der Waals surface area contributed by atoms with Crippen LogP contribution < -0.4 is 0 Å². The molecule has 0 saturated carbocycles. The van der Waals surface area contributed by atoms with Crippen molar-refractivity contribution in [1.82, 2.24) is 4.90 Å². The molecule has 106 valence electrons. The molecular formula is C15H22BrNO2. The summed E-state index contributed by atoms with van der Waals surface area (Å²) in [5.74, 6) is 0.199. The molecule has 1 heterocycles. The first-order valence-electron chi connectivity index (χ1n) is 6.90. The fraction of sp³-hybridized carbons (Fsp3) is 0.600. The van der Waals surface area contributed by atoms with E-state index in [-0.39, 0.29) is 12.5 Å². The van der Waals surface area contributed by atoms with Gasteiger partial charge >= 0.3 is 0 Å². The maximum atomic E-state index is 9.19. The molecule has 0 radical (unpaired) electrons. The van der Waals surface area contributed by atoms with Crippen molar-refractivity contribution in [2.75, 3.05) is 39.5 Å². The fourth-order valence-corrected chi connectivity index (χ4v) is 2.88. The van der Waals surface area contributed by atoms with E-state index in [4.69, 9.17) is 4.74 Å². The summed E-state index contributed by atoms with van der Waals surface area (Å²) in [6.45, 7) is 7.10. The number of ether oxygens (including phenoxy) is 1. The van der Waals surface area contributed by atoms with Gasteiger partial charge in [-0.05, 0) is 23.6 Å². The summed E-state index contributed by atoms with van der Waals surface area (Å²) in [7, 11) is 0. The fourth-order valence-electron chi connectivity index (χ4n) is 2.28. The minimum Gasteiger partial charge on any atom is -0.396 e. The summed E-state index contributed by atoms with van der Waals surface area (Å²) in [5, 5.41) is 9.19. The molecule has 0 amide bonds. The van der Waals surface area contributed by atoms with Crippen LogP contribution in [0.2, 0.25) is 0 Å². The maximum Gasteiger partial charge on any atom is 0.0594 e. The Balaban J connectivity index is 1.93. The van der Waals surface area contributed by atoms with Crippen LogP contribution in [0.3, 0.4) is 0 Å². The van der Waals surface area contributed by atoms with E-state index in [0.29, 0.717) is 0 Å². The van der Waals surface area contributed by atoms with Crippen LogP contribution >= 0.6 is 15.9 Å². The van der Waals surface area contributed by atoms with Crippen molar-refractivity contribution >= 4 is 15.9 Å². The quantitative estimate of drug-likeness (QED) is 0.901. The van der Waals surface area contributed by atoms with Gasteiger partial charge in [-0.2, -0.15) is 0 Å². The Morgan fingerprint density at radius 1 is 1.37 bits per heavy atom. The van der Waals surface area contributed by atoms with Crippen molar-refractivity contribution in [3.63, 3.8) is 0 Å². The van der Waals surface area contributed by atoms with E-state index < -0.39 is 0 Å². The lowest BCUT2D eigenvalue weighted by Gasteiger charge is -2.26. The standard InChI is InChI=1S/C15H22BrNO2/c1-12(11-18)14-3-2-13(15(16)10-14)4-5-17-6-8-19-9-7-17/h2-3,10,12,18H,4-9,11H2,1H3. The lowest BCUT2D eigenvalue weighted by Crippen LogP contribution is -2.37. The minimum atomic E-state index is 0.194. The van der Waals surface area contributed by atoms with Gasteiger partial charge in [-0.1, -0.05) is 35.0 Å². The molecule has 1 N–H and O–H groups in total. The summed E-state index contributed by atoms with van der Waals surface area (Å²) in [6, 6.07) is 6.43. The summed E-state index contributed by atoms with van der Waals surface area (Å²) in [4.78, 5) is 2.44. The molecule has 1 unspecified atom stereocenters. The molecule has 0 spiro atoms. The van der Waals surface area contributed by atoms with E-state index in [0.717, 1.165) is 43.7 Å². The molecule has 3 nitrogen and oxygen atoms in total. The zero-order valence-electron chi connectivity index (χ0n) is 11.4. The van der Waals surface area contributed by atoms with E-state index in [2.05, 4.69) is 39.0 Å². The molecule has 1 aliphatic rings. The molecule has 1 saturated heterocycles. The second-order valence-corrected chi connectivity index (χ2v) is 5.99. The number of nitrogens with zero attached hydrogens (tertiary/aromatic N) is 1. The average Bonchev–Trinajstić information content (AvgIpc) is 2.46. The zero-order valence-corrected chi connectivity index (χ0v) is 13.0. The van der Waals surface area contributed by atoms with Gasteiger partial charge in [0.25, 0.3) is 0 Å². The van der Waals surface area contributed by atoms with Crippen LogP contribution in [0, 0.1) is 0 Å². The largest absolute Gasteiger partial charge is 0.396 e. The molecule has 0 aromatic heterocycles. The zero-order chi connectivity index (χ0) is 13.7. The van der Waals surface area contributed by atoms with E-state index in [1.54, 1.807) is 0 Å². The number of aliphatic hydroxyl groups is 1. The van der Waals surface area contributed by atoms with Crippen molar-refractivity contribution < 1.29 is 9.84 Å². The van der Waals surface area contributed by atoms with E-state index in [1.807, 2.05) is 6.92 Å². The molecule has 1 fully saturated rings. The molecule has 1 aromatic rings. The first-order valence-corrected chi connectivity index (χ1v) is 7.69. The van der Waals surface area contributed by atoms with Crippen molar-refractivity contribution in [1.29, 1.82) is 0 Å². The van der Waals surface area contributed by atoms with Crippen LogP contribution in [-0.4, -0.2) is 49.5 Å². The topological polar surface area (TPSA) is 32.7 Å². The van der Waals surface area contributed by atoms with Crippen LogP contribution in [0.15, 0.2) is 22.7 Å². The highest BCUT2D eigenvalue weighted by molar-refractivity contribution is 9.10. The van der Waals surface area contributed by atoms with Gasteiger partial charge in [0.1, 0.15) is 0 Å². The minimum absolute atomic E-state index is 0.194. The molecule has 4 heteroatoms. The number of hydrogen-bond donors (Lipinski definition) is 1. The van der Waals surface area contributed by atoms with Gasteiger partial charge in [0.2, 0.25) is 0 Å². The lowest BCUT2D eigenvalue weighted by molar-refractivity contribution is 0.0384. The van der Waals surface area contributed by atoms with Crippen LogP contribution in [0.5, 0.6) is 0 Å². The molecule has 1 aromatic carbocycles. The number of rotatable bonds is 5. The van der Waals surface area contributed by atoms with Gasteiger partial charge in [0.05, 0.1) is 13.2 Å². The number of aliphatic hydroxyl groups excluding tert-OH is 1. The predicted octanol–water partition coefficient (Wildman–Crippen LogP) is 2.42. The first kappa shape index (κ1) is 15.0. The Kier molecular flexibility index (Phi) is 5.82. The van der Waals surface area contributed by atoms with E-state index in [9.17, 15) is 5.11 Å². The summed E-state index contributed by atoms with van der Waals surface area (Å²) >= 11 is 3.64. The van der Waals surface area contributed by atoms with Gasteiger partial charge in [-0.3, -0.25) is 4.90 Å². The third-order valence-corrected chi connectivity index (χ3v) is 4.46. The number of hydrogen-bond acceptors (Lipinski definition) is 3. The van der Waals surface area contributed by atoms with Gasteiger partial charge in [-0.15, -0.1) is 0 Å². The molecule has 19 heavy (non-hydrogen) atoms. The van der Waals surface area contributed by atoms with Crippen molar-refractivity contribution in [3.05, 3.63) is 33.8 Å². The SMILES string of the molecule is CC(CO)c1ccc(CCN2CCOCC2)c(Br)c1. The molecule has 0 bridgehead atoms. The highest BCUT2D eigenvalue weighted by Gasteiger charge is 2.12. The average molecular weight is 328 g/mol. The summed E-state index contributed by atoms with van der Waals surface area (Å²) in [5.41, 5.74) is 2.52. The van der Waals surface area contributed by atoms with Crippen molar-refractivity contribution in [3.8, 4) is 0 Å². The summed E-state index contributed by atoms with van der Waals surface area (Å²) < 4.78 is 6.51. The second kappa shape index (κ2) is 7.39. The van der Waals surface area contributed by atoms with Crippen molar-refractivity contribution in [2.45, 2.75) is 19.3 Å². The highest BCUT2D eigenvalue weighted by Crippen LogP contribution is 2.24. The van der Waals surface area contributed by atoms with Gasteiger partial charge < -0.3 is 9.84 Å². The number of morpholine rings is 1. The van der Waals surface area contributed by atoms with Crippen LogP contribution in [0.4, 0.5) is 0 Å². The maximum absolute atomic E-state index is 9.19. The van der Waals surface area contributed by atoms with Crippen molar-refractivity contribution in [2.24, 2.45) is 0 Å². The third kappa shape index (κ3) is 4.28. The highest BCUT2D eigenvalue weighted by atomic mass is 79.9. The number of halogens is 1. The predicted molar refractivity (Wildman–Crippen MR) is 80.6 cm³/mol. The number of benzene rings is 1. The monoisotopic (exact) mass is 327 g/mol. The Labute approximate surface area is 123 Å². The lowest BCUT2D eigenvalue weighted by atomic mass is 10.00. The van der Waals surface area contributed by atoms with Gasteiger partial charge in [-0.25, -0.2) is 0 Å². The molecule has 1 aliphatic heterocycles. The van der Waals surface area contributed by atoms with E-state index in [1.165, 1.54) is 11.1 Å². The first-order chi connectivity index (χ1) is 9.20. The second-order valence-electron chi connectivity index (χ2n) is 5.14. The van der Waals surface area contributed by atoms with Gasteiger partial charge in [0, 0.05) is 36.6 Å². The Morgan fingerprint density at radius 3 is 2.74 bits per heavy atom. The molecule has 0 aliphatic carbocycles. The smallest absolute Gasteiger partial charge is 0.0594 e. The summed E-state index contributed by atoms with van der Waals surface area (Å²) in [6.07, 6.45) is 1.05. The van der Waals surface area contributed by atoms with Crippen LogP contribution in [0.25, 0.3) is 0 Å². The van der Waals surface area contributed by atoms with E-state index >= 15 is 0 Å². The van der Waals surface area contributed by atoms with Crippen LogP contribution in [0.1, 0.15) is 24.0 Å². The Bertz CT molecular complexity index is 405. The Hall–Kier alpha value is -0.420. The van der Waals surface area contributed by atoms with Gasteiger partial charge in [0.15, 0.2) is 0 Å².